The zero-order valence-corrected chi connectivity index (χ0v) is 5.19. The van der Waals surface area contributed by atoms with E-state index in [1.807, 2.05) is 0 Å². The minimum atomic E-state index is -4.41. The number of hydrogen-bond donors (Lipinski definition) is 2. The summed E-state index contributed by atoms with van der Waals surface area (Å²) in [6.45, 7) is 0. The molecule has 4 N–H and O–H groups in total. The summed E-state index contributed by atoms with van der Waals surface area (Å²) in [5.41, 5.74) is 9.10. The Morgan fingerprint density at radius 3 is 1.82 bits per heavy atom. The lowest BCUT2D eigenvalue weighted by Crippen LogP contribution is -2.52. The van der Waals surface area contributed by atoms with Crippen molar-refractivity contribution in [3.05, 3.63) is 0 Å². The van der Waals surface area contributed by atoms with Crippen LogP contribution in [0.5, 0.6) is 0 Å². The maximum Gasteiger partial charge on any atom is 0.369 e. The van der Waals surface area contributed by atoms with Crippen molar-refractivity contribution in [2.24, 2.45) is 16.5 Å². The van der Waals surface area contributed by atoms with Gasteiger partial charge in [0.25, 0.3) is 0 Å². The summed E-state index contributed by atoms with van der Waals surface area (Å²) in [7, 11) is 0. The molecule has 1 rings (SSSR count). The van der Waals surface area contributed by atoms with Gasteiger partial charge in [0.2, 0.25) is 0 Å². The lowest BCUT2D eigenvalue weighted by Gasteiger charge is -2.20. The van der Waals surface area contributed by atoms with Gasteiger partial charge < -0.3 is 11.5 Å². The molecule has 0 radical (unpaired) electrons. The molecule has 0 aliphatic carbocycles. The van der Waals surface area contributed by atoms with Crippen LogP contribution in [0.2, 0.25) is 0 Å². The lowest BCUT2D eigenvalue weighted by molar-refractivity contribution is -0.166. The fraction of sp³-hybridized carbons (Fsp3) is 0.750. The second kappa shape index (κ2) is 1.84. The monoisotopic (exact) mass is 171 g/mol. The Hall–Kier alpha value is -0.850. The lowest BCUT2D eigenvalue weighted by atomic mass is 10.2. The Labute approximate surface area is 59.1 Å². The molecule has 0 saturated heterocycles. The molecule has 0 aromatic rings. The van der Waals surface area contributed by atoms with Gasteiger partial charge in [-0.25, -0.2) is 4.99 Å². The number of amidine groups is 1. The Morgan fingerprint density at radius 2 is 1.73 bits per heavy atom. The van der Waals surface area contributed by atoms with Crippen LogP contribution in [0.15, 0.2) is 4.99 Å². The summed E-state index contributed by atoms with van der Waals surface area (Å²) in [4.78, 5) is 2.67. The Bertz CT molecular complexity index is 211. The van der Waals surface area contributed by atoms with E-state index >= 15 is 0 Å². The van der Waals surface area contributed by atoms with Gasteiger partial charge in [-0.05, 0) is 0 Å². The van der Waals surface area contributed by atoms with Crippen molar-refractivity contribution in [3.63, 3.8) is 0 Å². The second-order valence-corrected chi connectivity index (χ2v) is 2.16. The van der Waals surface area contributed by atoms with Crippen LogP contribution >= 0.6 is 0 Å². The first-order valence-corrected chi connectivity index (χ1v) is 2.65. The molecular weight excluding hydrogens is 166 g/mol. The molecule has 0 bridgehead atoms. The second-order valence-electron chi connectivity index (χ2n) is 2.16. The Morgan fingerprint density at radius 1 is 1.27 bits per heavy atom. The summed E-state index contributed by atoms with van der Waals surface area (Å²) in [5, 5.41) is 0. The number of alkyl halides is 4. The first-order valence-electron chi connectivity index (χ1n) is 2.65. The largest absolute Gasteiger partial charge is 0.382 e. The maximum absolute atomic E-state index is 12.3. The molecule has 0 aromatic heterocycles. The highest BCUT2D eigenvalue weighted by molar-refractivity contribution is 5.90. The number of nitrogens with zero attached hydrogens (tertiary/aromatic N) is 1. The van der Waals surface area contributed by atoms with Crippen LogP contribution in [0, 0.1) is 0 Å². The molecule has 0 aromatic carbocycles. The highest BCUT2D eigenvalue weighted by atomic mass is 19.3. The number of halogens is 4. The van der Waals surface area contributed by atoms with Gasteiger partial charge in [-0.3, -0.25) is 0 Å². The maximum atomic E-state index is 12.3. The van der Waals surface area contributed by atoms with Gasteiger partial charge in [0.1, 0.15) is 0 Å². The van der Waals surface area contributed by atoms with Crippen molar-refractivity contribution >= 4 is 5.84 Å². The molecule has 3 nitrogen and oxygen atoms in total. The standard InChI is InChI=1S/C4H5F4N3/c5-3(6)1(9)11-2(10)4(3,7)8/h1H,9H2,(H2,10,11). The van der Waals surface area contributed by atoms with E-state index in [1.54, 1.807) is 0 Å². The third-order valence-electron chi connectivity index (χ3n) is 1.39. The predicted octanol–water partition coefficient (Wildman–Crippen LogP) is -0.0874. The number of nitrogens with two attached hydrogens (primary N) is 2. The molecule has 1 aliphatic rings. The molecule has 1 heterocycles. The molecule has 11 heavy (non-hydrogen) atoms. The van der Waals surface area contributed by atoms with Crippen LogP contribution in [-0.2, 0) is 0 Å². The van der Waals surface area contributed by atoms with E-state index in [9.17, 15) is 17.6 Å². The zero-order chi connectivity index (χ0) is 8.86. The van der Waals surface area contributed by atoms with E-state index < -0.39 is 23.8 Å². The number of hydrogen-bond acceptors (Lipinski definition) is 3. The van der Waals surface area contributed by atoms with E-state index in [-0.39, 0.29) is 0 Å². The quantitative estimate of drug-likeness (QED) is 0.500. The van der Waals surface area contributed by atoms with Crippen LogP contribution < -0.4 is 11.5 Å². The normalized spacial score (nSPS) is 33.5. The molecule has 1 unspecified atom stereocenters. The topological polar surface area (TPSA) is 64.4 Å². The molecule has 64 valence electrons. The van der Waals surface area contributed by atoms with Crippen molar-refractivity contribution in [1.82, 2.24) is 0 Å². The number of rotatable bonds is 0. The highest BCUT2D eigenvalue weighted by Crippen LogP contribution is 2.41. The molecule has 0 amide bonds. The third-order valence-corrected chi connectivity index (χ3v) is 1.39. The van der Waals surface area contributed by atoms with E-state index in [4.69, 9.17) is 0 Å². The molecule has 7 heteroatoms. The summed E-state index contributed by atoms with van der Waals surface area (Å²) in [6, 6.07) is 0. The number of aliphatic imine (C=N–C) groups is 1. The summed E-state index contributed by atoms with van der Waals surface area (Å²) < 4.78 is 49.2. The van der Waals surface area contributed by atoms with Crippen molar-refractivity contribution in [2.75, 3.05) is 0 Å². The van der Waals surface area contributed by atoms with Gasteiger partial charge in [0.15, 0.2) is 12.0 Å². The summed E-state index contributed by atoms with van der Waals surface area (Å²) >= 11 is 0. The third kappa shape index (κ3) is 0.802. The van der Waals surface area contributed by atoms with Gasteiger partial charge >= 0.3 is 11.8 Å². The van der Waals surface area contributed by atoms with Crippen LogP contribution in [0.4, 0.5) is 17.6 Å². The Balaban J connectivity index is 3.07. The molecule has 0 spiro atoms. The zero-order valence-electron chi connectivity index (χ0n) is 5.19. The summed E-state index contributed by atoms with van der Waals surface area (Å²) in [6.07, 6.45) is -2.24. The molecule has 0 saturated carbocycles. The van der Waals surface area contributed by atoms with E-state index in [0.717, 1.165) is 0 Å². The van der Waals surface area contributed by atoms with Crippen molar-refractivity contribution in [3.8, 4) is 0 Å². The predicted molar refractivity (Wildman–Crippen MR) is 29.5 cm³/mol. The van der Waals surface area contributed by atoms with Crippen molar-refractivity contribution < 1.29 is 17.6 Å². The van der Waals surface area contributed by atoms with Crippen LogP contribution in [-0.4, -0.2) is 23.8 Å². The fourth-order valence-electron chi connectivity index (χ4n) is 0.668. The van der Waals surface area contributed by atoms with E-state index in [1.165, 1.54) is 0 Å². The molecule has 1 aliphatic heterocycles. The summed E-state index contributed by atoms with van der Waals surface area (Å²) in [5.74, 6) is -10.2. The van der Waals surface area contributed by atoms with Crippen LogP contribution in [0.1, 0.15) is 0 Å². The van der Waals surface area contributed by atoms with Crippen LogP contribution in [0.25, 0.3) is 0 Å². The minimum Gasteiger partial charge on any atom is -0.382 e. The molecular formula is C4H5F4N3. The van der Waals surface area contributed by atoms with Crippen molar-refractivity contribution in [2.45, 2.75) is 18.0 Å². The van der Waals surface area contributed by atoms with Gasteiger partial charge in [0, 0.05) is 0 Å². The average Bonchev–Trinajstić information content (AvgIpc) is 1.95. The first kappa shape index (κ1) is 8.25. The minimum absolute atomic E-state index is 1.41. The fourth-order valence-corrected chi connectivity index (χ4v) is 0.668. The molecule has 1 atom stereocenters. The molecule has 0 fully saturated rings. The Kier molecular flexibility index (Phi) is 1.38. The first-order chi connectivity index (χ1) is 4.80. The SMILES string of the molecule is NC1=NC(N)C(F)(F)C1(F)F. The van der Waals surface area contributed by atoms with Gasteiger partial charge in [-0.1, -0.05) is 0 Å². The van der Waals surface area contributed by atoms with Gasteiger partial charge in [0.05, 0.1) is 0 Å². The average molecular weight is 171 g/mol. The van der Waals surface area contributed by atoms with Gasteiger partial charge in [-0.2, -0.15) is 17.6 Å². The smallest absolute Gasteiger partial charge is 0.369 e. The van der Waals surface area contributed by atoms with Crippen LogP contribution in [0.3, 0.4) is 0 Å². The van der Waals surface area contributed by atoms with E-state index in [0.29, 0.717) is 0 Å². The van der Waals surface area contributed by atoms with E-state index in [2.05, 4.69) is 16.5 Å². The van der Waals surface area contributed by atoms with Crippen molar-refractivity contribution in [1.29, 1.82) is 0 Å². The highest BCUT2D eigenvalue weighted by Gasteiger charge is 2.67. The van der Waals surface area contributed by atoms with Gasteiger partial charge in [-0.15, -0.1) is 0 Å².